The summed E-state index contributed by atoms with van der Waals surface area (Å²) in [4.78, 5) is 25.9. The SMILES string of the molecule is CCC(=S)O[C@]1(C(=O)COC(S)CC)CC[C@H]2[C@@H]3CCC4=CC(=O)CC[C@]4(C)[C@H]3CC[C@@]21C. The lowest BCUT2D eigenvalue weighted by molar-refractivity contribution is -0.163. The number of allylic oxidation sites excluding steroid dienone is 1. The fraction of sp³-hybridized carbons (Fsp3) is 0.815. The second-order valence-corrected chi connectivity index (χ2v) is 12.2. The Kier molecular flexibility index (Phi) is 7.22. The van der Waals surface area contributed by atoms with Crippen molar-refractivity contribution in [2.75, 3.05) is 6.61 Å². The zero-order chi connectivity index (χ0) is 24.0. The Morgan fingerprint density at radius 3 is 2.58 bits per heavy atom. The average molecular weight is 493 g/mol. The summed E-state index contributed by atoms with van der Waals surface area (Å²) in [6.45, 7) is 8.70. The van der Waals surface area contributed by atoms with Crippen molar-refractivity contribution in [3.05, 3.63) is 11.6 Å². The van der Waals surface area contributed by atoms with Gasteiger partial charge in [-0.2, -0.15) is 0 Å². The van der Waals surface area contributed by atoms with Crippen LogP contribution < -0.4 is 0 Å². The Hall–Kier alpha value is -0.720. The zero-order valence-corrected chi connectivity index (χ0v) is 22.4. The molecule has 3 fully saturated rings. The van der Waals surface area contributed by atoms with Gasteiger partial charge >= 0.3 is 0 Å². The summed E-state index contributed by atoms with van der Waals surface area (Å²) in [6.07, 6.45) is 10.8. The Morgan fingerprint density at radius 1 is 1.15 bits per heavy atom. The fourth-order valence-corrected chi connectivity index (χ4v) is 8.13. The van der Waals surface area contributed by atoms with Crippen molar-refractivity contribution in [3.8, 4) is 0 Å². The highest BCUT2D eigenvalue weighted by molar-refractivity contribution is 7.80. The van der Waals surface area contributed by atoms with Crippen LogP contribution in [0.2, 0.25) is 0 Å². The molecule has 0 aromatic carbocycles. The van der Waals surface area contributed by atoms with Gasteiger partial charge in [-0.15, -0.1) is 12.6 Å². The number of rotatable bonds is 7. The van der Waals surface area contributed by atoms with Gasteiger partial charge in [0.05, 0.1) is 0 Å². The standard InChI is InChI=1S/C27H40O4S2/c1-5-23(32)30-16-22(29)27(31-24(33)6-2)14-11-21-19-8-7-17-15-18(28)9-12-25(17,3)20(19)10-13-26(21,27)4/h15,19-21,23,32H,5-14,16H2,1-4H3/t19-,20+,21+,23?,25+,26+,27+/m1/s1. The molecule has 33 heavy (non-hydrogen) atoms. The van der Waals surface area contributed by atoms with Crippen LogP contribution in [0, 0.1) is 28.6 Å². The zero-order valence-electron chi connectivity index (χ0n) is 20.7. The molecular formula is C27H40O4S2. The molecule has 0 bridgehead atoms. The highest BCUT2D eigenvalue weighted by Crippen LogP contribution is 2.68. The second-order valence-electron chi connectivity index (χ2n) is 11.2. The van der Waals surface area contributed by atoms with Crippen molar-refractivity contribution in [2.24, 2.45) is 28.6 Å². The second kappa shape index (κ2) is 9.39. The minimum absolute atomic E-state index is 0.0253. The van der Waals surface area contributed by atoms with Gasteiger partial charge in [0.25, 0.3) is 0 Å². The first-order valence-corrected chi connectivity index (χ1v) is 13.8. The number of ether oxygens (including phenoxy) is 2. The summed E-state index contributed by atoms with van der Waals surface area (Å²) in [5.74, 6) is 1.88. The summed E-state index contributed by atoms with van der Waals surface area (Å²) < 4.78 is 12.3. The van der Waals surface area contributed by atoms with E-state index < -0.39 is 5.60 Å². The highest BCUT2D eigenvalue weighted by atomic mass is 32.1. The topological polar surface area (TPSA) is 52.6 Å². The maximum Gasteiger partial charge on any atom is 0.202 e. The predicted octanol–water partition coefficient (Wildman–Crippen LogP) is 6.26. The molecule has 0 heterocycles. The molecular weight excluding hydrogens is 452 g/mol. The number of hydrogen-bond acceptors (Lipinski definition) is 6. The Bertz CT molecular complexity index is 853. The van der Waals surface area contributed by atoms with Crippen molar-refractivity contribution in [1.29, 1.82) is 0 Å². The van der Waals surface area contributed by atoms with Gasteiger partial charge in [-0.05, 0) is 92.8 Å². The minimum Gasteiger partial charge on any atom is -0.472 e. The molecule has 0 spiro atoms. The van der Waals surface area contributed by atoms with Crippen LogP contribution in [-0.2, 0) is 19.1 Å². The predicted molar refractivity (Wildman–Crippen MR) is 137 cm³/mol. The van der Waals surface area contributed by atoms with Crippen LogP contribution in [-0.4, -0.2) is 34.3 Å². The van der Waals surface area contributed by atoms with E-state index >= 15 is 0 Å². The fourth-order valence-electron chi connectivity index (χ4n) is 7.91. The van der Waals surface area contributed by atoms with E-state index in [1.807, 2.05) is 19.9 Å². The summed E-state index contributed by atoms with van der Waals surface area (Å²) >= 11 is 9.96. The van der Waals surface area contributed by atoms with Crippen LogP contribution in [0.1, 0.15) is 91.9 Å². The van der Waals surface area contributed by atoms with Gasteiger partial charge in [0, 0.05) is 18.3 Å². The first kappa shape index (κ1) is 25.4. The molecule has 4 aliphatic rings. The van der Waals surface area contributed by atoms with Crippen molar-refractivity contribution < 1.29 is 19.1 Å². The number of carbonyl (C=O) groups excluding carboxylic acids is 2. The lowest BCUT2D eigenvalue weighted by Gasteiger charge is -2.59. The maximum atomic E-state index is 13.8. The van der Waals surface area contributed by atoms with Crippen LogP contribution in [0.3, 0.4) is 0 Å². The number of thiol groups is 1. The lowest BCUT2D eigenvalue weighted by atomic mass is 9.46. The van der Waals surface area contributed by atoms with Gasteiger partial charge in [0.1, 0.15) is 12.0 Å². The number of carbonyl (C=O) groups is 2. The van der Waals surface area contributed by atoms with Gasteiger partial charge in [-0.25, -0.2) is 0 Å². The first-order chi connectivity index (χ1) is 15.6. The molecule has 184 valence electrons. The van der Waals surface area contributed by atoms with Crippen LogP contribution in [0.5, 0.6) is 0 Å². The van der Waals surface area contributed by atoms with Crippen molar-refractivity contribution in [2.45, 2.75) is 103 Å². The Morgan fingerprint density at radius 2 is 1.88 bits per heavy atom. The molecule has 4 rings (SSSR count). The normalized spacial score (nSPS) is 40.8. The monoisotopic (exact) mass is 492 g/mol. The number of fused-ring (bicyclic) bond motifs is 5. The van der Waals surface area contributed by atoms with Gasteiger partial charge in [-0.3, -0.25) is 9.59 Å². The molecule has 6 heteroatoms. The smallest absolute Gasteiger partial charge is 0.202 e. The van der Waals surface area contributed by atoms with Crippen molar-refractivity contribution in [3.63, 3.8) is 0 Å². The molecule has 0 aromatic heterocycles. The van der Waals surface area contributed by atoms with Crippen molar-refractivity contribution in [1.82, 2.24) is 0 Å². The molecule has 0 saturated heterocycles. The molecule has 4 aliphatic carbocycles. The quantitative estimate of drug-likeness (QED) is 0.258. The van der Waals surface area contributed by atoms with Crippen LogP contribution in [0.4, 0.5) is 0 Å². The van der Waals surface area contributed by atoms with E-state index in [2.05, 4.69) is 26.5 Å². The number of Topliss-reactive ketones (excluding diaryl/α,β-unsaturated/α-hetero) is 1. The van der Waals surface area contributed by atoms with Crippen LogP contribution in [0.25, 0.3) is 0 Å². The van der Waals surface area contributed by atoms with Gasteiger partial charge < -0.3 is 9.47 Å². The molecule has 4 nitrogen and oxygen atoms in total. The average Bonchev–Trinajstić information content (AvgIpc) is 3.10. The molecule has 0 N–H and O–H groups in total. The van der Waals surface area contributed by atoms with E-state index in [1.165, 1.54) is 5.57 Å². The molecule has 0 radical (unpaired) electrons. The van der Waals surface area contributed by atoms with E-state index in [-0.39, 0.29) is 28.7 Å². The Labute approximate surface area is 210 Å². The van der Waals surface area contributed by atoms with Crippen molar-refractivity contribution >= 4 is 41.5 Å². The summed E-state index contributed by atoms with van der Waals surface area (Å²) in [5, 5.41) is 0.525. The van der Waals surface area contributed by atoms with Gasteiger partial charge in [0.15, 0.2) is 16.4 Å². The molecule has 0 aromatic rings. The van der Waals surface area contributed by atoms with Crippen LogP contribution >= 0.6 is 24.8 Å². The largest absolute Gasteiger partial charge is 0.472 e. The summed E-state index contributed by atoms with van der Waals surface area (Å²) in [7, 11) is 0. The maximum absolute atomic E-state index is 13.8. The highest BCUT2D eigenvalue weighted by Gasteiger charge is 2.68. The lowest BCUT2D eigenvalue weighted by Crippen LogP contribution is -2.59. The molecule has 0 aliphatic heterocycles. The minimum atomic E-state index is -0.906. The van der Waals surface area contributed by atoms with Gasteiger partial charge in [-0.1, -0.05) is 33.3 Å². The molecule has 7 atom stereocenters. The van der Waals surface area contributed by atoms with E-state index in [0.717, 1.165) is 44.9 Å². The third-order valence-electron chi connectivity index (χ3n) is 9.86. The number of thiocarbonyl (C=S) groups is 1. The van der Waals surface area contributed by atoms with Crippen LogP contribution in [0.15, 0.2) is 11.6 Å². The summed E-state index contributed by atoms with van der Waals surface area (Å²) in [6, 6.07) is 0. The molecule has 0 amide bonds. The van der Waals surface area contributed by atoms with Gasteiger partial charge in [0.2, 0.25) is 5.78 Å². The van der Waals surface area contributed by atoms with E-state index in [9.17, 15) is 9.59 Å². The Balaban J connectivity index is 1.65. The van der Waals surface area contributed by atoms with E-state index in [0.29, 0.717) is 47.9 Å². The number of hydrogen-bond donors (Lipinski definition) is 1. The van der Waals surface area contributed by atoms with E-state index in [4.69, 9.17) is 21.7 Å². The first-order valence-electron chi connectivity index (χ1n) is 12.9. The third kappa shape index (κ3) is 4.06. The third-order valence-corrected chi connectivity index (χ3v) is 10.8. The summed E-state index contributed by atoms with van der Waals surface area (Å²) in [5.41, 5.74) is 0.0869. The molecule has 1 unspecified atom stereocenters. The number of ketones is 2. The van der Waals surface area contributed by atoms with E-state index in [1.54, 1.807) is 0 Å². The molecule has 3 saturated carbocycles.